The first kappa shape index (κ1) is 63.7. The van der Waals surface area contributed by atoms with Gasteiger partial charge in [-0.1, -0.05) is 52.3 Å². The average Bonchev–Trinajstić information content (AvgIpc) is 3.38. The second-order valence-corrected chi connectivity index (χ2v) is 24.7. The molecule has 2 amide bonds. The largest absolute Gasteiger partial charge is 0.465 e. The summed E-state index contributed by atoms with van der Waals surface area (Å²) in [5, 5.41) is 0.431. The zero-order valence-corrected chi connectivity index (χ0v) is 48.8. The van der Waals surface area contributed by atoms with Crippen molar-refractivity contribution in [3.05, 3.63) is 130 Å². The van der Waals surface area contributed by atoms with Crippen LogP contribution in [0.25, 0.3) is 0 Å². The topological polar surface area (TPSA) is 202 Å². The van der Waals surface area contributed by atoms with Gasteiger partial charge in [-0.25, -0.2) is 44.8 Å². The van der Waals surface area contributed by atoms with E-state index in [1.165, 1.54) is 49.7 Å². The Bertz CT molecular complexity index is 2830. The Morgan fingerprint density at radius 2 is 1.00 bits per heavy atom. The number of rotatable bonds is 15. The van der Waals surface area contributed by atoms with Gasteiger partial charge in [0, 0.05) is 82.0 Å². The summed E-state index contributed by atoms with van der Waals surface area (Å²) in [5.41, 5.74) is 3.01. The van der Waals surface area contributed by atoms with Crippen molar-refractivity contribution < 1.29 is 63.7 Å². The van der Waals surface area contributed by atoms with Crippen LogP contribution < -0.4 is 9.03 Å². The fraction of sp³-hybridized carbons (Fsp3) is 0.481. The number of halogens is 3. The van der Waals surface area contributed by atoms with E-state index < -0.39 is 54.8 Å². The molecule has 0 aliphatic carbocycles. The van der Waals surface area contributed by atoms with Crippen LogP contribution in [0.2, 0.25) is 0 Å². The Morgan fingerprint density at radius 3 is 1.35 bits per heavy atom. The number of hydrogen-bond donors (Lipinski definition) is 1. The molecule has 0 radical (unpaired) electrons. The molecule has 2 saturated heterocycles. The molecule has 77 heavy (non-hydrogen) atoms. The number of benzene rings is 4. The minimum absolute atomic E-state index is 0.0509. The van der Waals surface area contributed by atoms with Crippen molar-refractivity contribution in [1.82, 2.24) is 19.6 Å². The normalized spacial score (nSPS) is 14.5. The lowest BCUT2D eigenvalue weighted by Crippen LogP contribution is -2.49. The Balaban J connectivity index is 0.000000281. The van der Waals surface area contributed by atoms with E-state index >= 15 is 0 Å². The molecule has 0 atom stereocenters. The monoisotopic (exact) mass is 1180 g/mol. The Hall–Kier alpha value is -5.88. The van der Waals surface area contributed by atoms with Crippen LogP contribution in [-0.4, -0.2) is 150 Å². The van der Waals surface area contributed by atoms with E-state index in [0.717, 1.165) is 36.8 Å². The molecule has 6 rings (SSSR count). The number of nitrogens with zero attached hydrogens (tertiary/aromatic N) is 5. The highest BCUT2D eigenvalue weighted by Gasteiger charge is 2.28. The standard InChI is InChI=1S/C27H36FN3O6S.C18H29N3O4S.C9H8BrFO2/c1-6-38(34,35)31(19-22-10-9-21(17-24(22)28)25(32)36-5)23-11-7-20(8-12-23)18-29-13-15-30(16-14-29)26(33)37-27(2,3)4;1-5-26(23,24)19-16-8-6-15(7-9-16)14-20-10-12-21(13-11-20)17(22)25-18(2,3)4;1-13-9(12)6-2-3-7(5-10)8(11)4-6/h7-12,17H,6,13-16,18-19H2,1-5H3;6-9,19H,5,10-14H2,1-4H3;2-4H,5H2,1H3. The van der Waals surface area contributed by atoms with E-state index in [-0.39, 0.29) is 46.9 Å². The zero-order chi connectivity index (χ0) is 57.3. The summed E-state index contributed by atoms with van der Waals surface area (Å²) in [5.74, 6) is -2.39. The van der Waals surface area contributed by atoms with Gasteiger partial charge in [-0.3, -0.25) is 18.8 Å². The highest BCUT2D eigenvalue weighted by Crippen LogP contribution is 2.25. The van der Waals surface area contributed by atoms with Gasteiger partial charge in [-0.15, -0.1) is 0 Å². The molecule has 0 bridgehead atoms. The van der Waals surface area contributed by atoms with Gasteiger partial charge in [0.15, 0.2) is 0 Å². The molecule has 2 aliphatic heterocycles. The smallest absolute Gasteiger partial charge is 0.410 e. The first-order chi connectivity index (χ1) is 36.1. The van der Waals surface area contributed by atoms with Crippen molar-refractivity contribution in [2.24, 2.45) is 0 Å². The van der Waals surface area contributed by atoms with Gasteiger partial charge in [0.2, 0.25) is 20.0 Å². The third kappa shape index (κ3) is 20.8. The van der Waals surface area contributed by atoms with Crippen molar-refractivity contribution in [3.8, 4) is 0 Å². The van der Waals surface area contributed by atoms with Gasteiger partial charge < -0.3 is 28.7 Å². The number of amides is 2. The molecule has 0 aromatic heterocycles. The van der Waals surface area contributed by atoms with Crippen LogP contribution in [-0.2, 0) is 64.0 Å². The van der Waals surface area contributed by atoms with Crippen molar-refractivity contribution in [3.63, 3.8) is 0 Å². The fourth-order valence-electron chi connectivity index (χ4n) is 7.53. The lowest BCUT2D eigenvalue weighted by atomic mass is 10.1. The molecular weight excluding hydrogens is 1110 g/mol. The number of methoxy groups -OCH3 is 2. The summed E-state index contributed by atoms with van der Waals surface area (Å²) in [6.45, 7) is 20.8. The number of carbonyl (C=O) groups excluding carboxylic acids is 4. The van der Waals surface area contributed by atoms with Crippen molar-refractivity contribution in [2.45, 2.75) is 91.6 Å². The maximum Gasteiger partial charge on any atom is 0.410 e. The second-order valence-electron chi connectivity index (χ2n) is 20.0. The third-order valence-corrected chi connectivity index (χ3v) is 15.5. The highest BCUT2D eigenvalue weighted by molar-refractivity contribution is 9.08. The maximum atomic E-state index is 14.7. The molecule has 4 aromatic rings. The lowest BCUT2D eigenvalue weighted by Gasteiger charge is -2.35. The summed E-state index contributed by atoms with van der Waals surface area (Å²) >= 11 is 3.13. The fourth-order valence-corrected chi connectivity index (χ4v) is 9.71. The molecule has 0 saturated carbocycles. The SMILES string of the molecule is CCS(=O)(=O)N(Cc1ccc(C(=O)OC)cc1F)c1ccc(CN2CCN(C(=O)OC(C)(C)C)CC2)cc1.CCS(=O)(=O)Nc1ccc(CN2CCN(C(=O)OC(C)(C)C)CC2)cc1.COC(=O)c1ccc(CBr)c(F)c1. The Morgan fingerprint density at radius 1 is 0.597 bits per heavy atom. The van der Waals surface area contributed by atoms with Gasteiger partial charge in [0.25, 0.3) is 0 Å². The number of alkyl halides is 1. The molecule has 18 nitrogen and oxygen atoms in total. The van der Waals surface area contributed by atoms with Gasteiger partial charge >= 0.3 is 24.1 Å². The van der Waals surface area contributed by atoms with E-state index in [9.17, 15) is 44.8 Å². The summed E-state index contributed by atoms with van der Waals surface area (Å²) in [6.07, 6.45) is -0.570. The van der Waals surface area contributed by atoms with Gasteiger partial charge in [-0.2, -0.15) is 0 Å². The van der Waals surface area contributed by atoms with Crippen LogP contribution in [0.3, 0.4) is 0 Å². The maximum absolute atomic E-state index is 14.7. The molecule has 4 aromatic carbocycles. The molecule has 2 fully saturated rings. The summed E-state index contributed by atoms with van der Waals surface area (Å²) in [6, 6.07) is 22.6. The number of nitrogens with one attached hydrogen (secondary N) is 1. The van der Waals surface area contributed by atoms with Crippen LogP contribution in [0.4, 0.5) is 29.7 Å². The predicted octanol–water partition coefficient (Wildman–Crippen LogP) is 9.03. The first-order valence-corrected chi connectivity index (χ1v) is 29.4. The molecule has 2 aliphatic rings. The highest BCUT2D eigenvalue weighted by atomic mass is 79.9. The van der Waals surface area contributed by atoms with E-state index in [4.69, 9.17) is 9.47 Å². The molecule has 0 unspecified atom stereocenters. The van der Waals surface area contributed by atoms with E-state index in [1.54, 1.807) is 47.1 Å². The van der Waals surface area contributed by atoms with Crippen LogP contribution in [0, 0.1) is 11.6 Å². The number of ether oxygens (including phenoxy) is 4. The second kappa shape index (κ2) is 28.7. The molecule has 1 N–H and O–H groups in total. The first-order valence-electron chi connectivity index (χ1n) is 25.0. The van der Waals surface area contributed by atoms with Crippen LogP contribution in [0.15, 0.2) is 84.9 Å². The molecular formula is C54H73BrF2N6O12S2. The molecule has 424 valence electrons. The van der Waals surface area contributed by atoms with E-state index in [2.05, 4.69) is 39.9 Å². The third-order valence-electron chi connectivity index (χ3n) is 11.8. The number of hydrogen-bond acceptors (Lipinski definition) is 14. The lowest BCUT2D eigenvalue weighted by molar-refractivity contribution is 0.0129. The van der Waals surface area contributed by atoms with E-state index in [1.807, 2.05) is 65.8 Å². The summed E-state index contributed by atoms with van der Waals surface area (Å²) in [4.78, 5) is 54.9. The van der Waals surface area contributed by atoms with Crippen molar-refractivity contribution >= 4 is 71.5 Å². The van der Waals surface area contributed by atoms with Gasteiger partial charge in [0.1, 0.15) is 22.8 Å². The minimum atomic E-state index is -3.71. The minimum Gasteiger partial charge on any atom is -0.465 e. The van der Waals surface area contributed by atoms with Crippen molar-refractivity contribution in [1.29, 1.82) is 0 Å². The van der Waals surface area contributed by atoms with Gasteiger partial charge in [0.05, 0.1) is 49.1 Å². The molecule has 0 spiro atoms. The number of anilines is 2. The van der Waals surface area contributed by atoms with Gasteiger partial charge in [-0.05, 0) is 121 Å². The van der Waals surface area contributed by atoms with Crippen LogP contribution in [0.5, 0.6) is 0 Å². The molecule has 23 heteroatoms. The number of carbonyl (C=O) groups is 4. The van der Waals surface area contributed by atoms with Crippen molar-refractivity contribution in [2.75, 3.05) is 87.1 Å². The number of piperazine rings is 2. The van der Waals surface area contributed by atoms with Crippen LogP contribution in [0.1, 0.15) is 98.4 Å². The zero-order valence-electron chi connectivity index (χ0n) is 45.6. The number of esters is 2. The molecule has 2 heterocycles. The van der Waals surface area contributed by atoms with Crippen LogP contribution >= 0.6 is 15.9 Å². The quantitative estimate of drug-likeness (QED) is 0.0671. The number of sulfonamides is 2. The summed E-state index contributed by atoms with van der Waals surface area (Å²) < 4.78 is 100. The average molecular weight is 1180 g/mol. The Kier molecular flexibility index (Phi) is 23.7. The van der Waals surface area contributed by atoms with E-state index in [0.29, 0.717) is 68.1 Å². The Labute approximate surface area is 461 Å². The predicted molar refractivity (Wildman–Crippen MR) is 296 cm³/mol. The summed E-state index contributed by atoms with van der Waals surface area (Å²) in [7, 11) is -4.49.